The third-order valence-electron chi connectivity index (χ3n) is 2.28. The Labute approximate surface area is 98.4 Å². The van der Waals surface area contributed by atoms with E-state index in [9.17, 15) is 4.39 Å². The monoisotopic (exact) mass is 235 g/mol. The van der Waals surface area contributed by atoms with Gasteiger partial charge in [-0.3, -0.25) is 0 Å². The second-order valence-corrected chi connectivity index (χ2v) is 3.60. The van der Waals surface area contributed by atoms with Gasteiger partial charge in [0.05, 0.1) is 12.1 Å². The molecule has 0 spiro atoms. The molecule has 0 aliphatic heterocycles. The highest BCUT2D eigenvalue weighted by Gasteiger charge is 2.11. The molecule has 0 bridgehead atoms. The zero-order chi connectivity index (χ0) is 11.5. The van der Waals surface area contributed by atoms with E-state index in [0.717, 1.165) is 0 Å². The maximum absolute atomic E-state index is 13.5. The van der Waals surface area contributed by atoms with Crippen molar-refractivity contribution in [2.75, 3.05) is 7.11 Å². The lowest BCUT2D eigenvalue weighted by atomic mass is 10.0. The standard InChI is InChI=1S/C13H9ClFO/c1-16-12-8-4-6-10(13(12)14)9-5-2-3-7-11(9)15/h2-6,8H,1H3. The topological polar surface area (TPSA) is 9.23 Å². The predicted octanol–water partition coefficient (Wildman–Crippen LogP) is 3.95. The molecule has 1 radical (unpaired) electrons. The van der Waals surface area contributed by atoms with Gasteiger partial charge in [-0.05, 0) is 6.07 Å². The maximum Gasteiger partial charge on any atom is 0.139 e. The van der Waals surface area contributed by atoms with Crippen LogP contribution >= 0.6 is 11.6 Å². The lowest BCUT2D eigenvalue weighted by Gasteiger charge is -2.09. The average Bonchev–Trinajstić information content (AvgIpc) is 2.31. The number of ether oxygens (including phenoxy) is 1. The van der Waals surface area contributed by atoms with Crippen molar-refractivity contribution in [3.8, 4) is 16.9 Å². The molecule has 2 rings (SSSR count). The Morgan fingerprint density at radius 2 is 1.94 bits per heavy atom. The van der Waals surface area contributed by atoms with Crippen LogP contribution < -0.4 is 4.74 Å². The highest BCUT2D eigenvalue weighted by molar-refractivity contribution is 6.34. The summed E-state index contributed by atoms with van der Waals surface area (Å²) in [5.41, 5.74) is 1.03. The fraction of sp³-hybridized carbons (Fsp3) is 0.0769. The molecular formula is C13H9ClFO. The normalized spacial score (nSPS) is 10.2. The first-order valence-electron chi connectivity index (χ1n) is 4.73. The van der Waals surface area contributed by atoms with E-state index >= 15 is 0 Å². The molecule has 81 valence electrons. The largest absolute Gasteiger partial charge is 0.495 e. The minimum Gasteiger partial charge on any atom is -0.495 e. The minimum absolute atomic E-state index is 0.406. The predicted molar refractivity (Wildman–Crippen MR) is 62.2 cm³/mol. The maximum atomic E-state index is 13.5. The van der Waals surface area contributed by atoms with E-state index in [1.165, 1.54) is 13.2 Å². The number of hydrogen-bond donors (Lipinski definition) is 0. The van der Waals surface area contributed by atoms with E-state index in [0.29, 0.717) is 21.9 Å². The summed E-state index contributed by atoms with van der Waals surface area (Å²) in [6.07, 6.45) is 0. The van der Waals surface area contributed by atoms with Crippen LogP contribution in [0.15, 0.2) is 36.4 Å². The first-order valence-corrected chi connectivity index (χ1v) is 5.11. The first-order chi connectivity index (χ1) is 7.74. The summed E-state index contributed by atoms with van der Waals surface area (Å²) >= 11 is 6.11. The van der Waals surface area contributed by atoms with Crippen molar-refractivity contribution >= 4 is 11.6 Å². The summed E-state index contributed by atoms with van der Waals surface area (Å²) in [4.78, 5) is 0. The number of methoxy groups -OCH3 is 1. The van der Waals surface area contributed by atoms with Gasteiger partial charge in [0.15, 0.2) is 0 Å². The van der Waals surface area contributed by atoms with Gasteiger partial charge in [-0.25, -0.2) is 4.39 Å². The molecule has 16 heavy (non-hydrogen) atoms. The number of halogens is 2. The molecule has 0 heterocycles. The summed E-state index contributed by atoms with van der Waals surface area (Å²) in [6.45, 7) is 0. The SMILES string of the molecule is COc1cccc(-c2ccc[c]c2F)c1Cl. The molecule has 0 saturated carbocycles. The van der Waals surface area contributed by atoms with Crippen LogP contribution in [0.2, 0.25) is 5.02 Å². The van der Waals surface area contributed by atoms with Crippen molar-refractivity contribution in [2.24, 2.45) is 0 Å². The van der Waals surface area contributed by atoms with Gasteiger partial charge in [-0.1, -0.05) is 41.9 Å². The van der Waals surface area contributed by atoms with Crippen molar-refractivity contribution in [1.29, 1.82) is 0 Å². The van der Waals surface area contributed by atoms with Crippen LogP contribution in [-0.2, 0) is 0 Å². The van der Waals surface area contributed by atoms with Crippen LogP contribution in [0, 0.1) is 11.9 Å². The van der Waals surface area contributed by atoms with Crippen LogP contribution in [0.25, 0.3) is 11.1 Å². The summed E-state index contributed by atoms with van der Waals surface area (Å²) in [7, 11) is 1.53. The van der Waals surface area contributed by atoms with Gasteiger partial charge in [-0.2, -0.15) is 0 Å². The van der Waals surface area contributed by atoms with Crippen molar-refractivity contribution in [3.63, 3.8) is 0 Å². The van der Waals surface area contributed by atoms with Gasteiger partial charge >= 0.3 is 0 Å². The highest BCUT2D eigenvalue weighted by atomic mass is 35.5. The zero-order valence-corrected chi connectivity index (χ0v) is 9.38. The molecule has 0 fully saturated rings. The molecule has 0 aliphatic rings. The zero-order valence-electron chi connectivity index (χ0n) is 8.63. The summed E-state index contributed by atoms with van der Waals surface area (Å²) < 4.78 is 18.6. The van der Waals surface area contributed by atoms with Gasteiger partial charge in [0.2, 0.25) is 0 Å². The minimum atomic E-state index is -0.419. The summed E-state index contributed by atoms with van der Waals surface area (Å²) in [5, 5.41) is 0.406. The molecule has 3 heteroatoms. The fourth-order valence-electron chi connectivity index (χ4n) is 1.50. The Balaban J connectivity index is 2.61. The van der Waals surface area contributed by atoms with Crippen molar-refractivity contribution in [2.45, 2.75) is 0 Å². The van der Waals surface area contributed by atoms with Crippen molar-refractivity contribution < 1.29 is 9.13 Å². The van der Waals surface area contributed by atoms with E-state index in [-0.39, 0.29) is 0 Å². The highest BCUT2D eigenvalue weighted by Crippen LogP contribution is 2.35. The second-order valence-electron chi connectivity index (χ2n) is 3.22. The third kappa shape index (κ3) is 1.89. The van der Waals surface area contributed by atoms with Crippen LogP contribution in [0.1, 0.15) is 0 Å². The lowest BCUT2D eigenvalue weighted by Crippen LogP contribution is -1.89. The average molecular weight is 236 g/mol. The van der Waals surface area contributed by atoms with Crippen LogP contribution in [-0.4, -0.2) is 7.11 Å². The first kappa shape index (κ1) is 11.0. The summed E-state index contributed by atoms with van der Waals surface area (Å²) in [5.74, 6) is 0.111. The van der Waals surface area contributed by atoms with E-state index in [2.05, 4.69) is 6.07 Å². The second kappa shape index (κ2) is 4.54. The lowest BCUT2D eigenvalue weighted by molar-refractivity contribution is 0.415. The molecule has 0 amide bonds. The Hall–Kier alpha value is -1.54. The van der Waals surface area contributed by atoms with Crippen molar-refractivity contribution in [1.82, 2.24) is 0 Å². The Kier molecular flexibility index (Phi) is 3.11. The van der Waals surface area contributed by atoms with Crippen LogP contribution in [0.4, 0.5) is 4.39 Å². The Bertz CT molecular complexity index is 511. The molecule has 0 N–H and O–H groups in total. The van der Waals surface area contributed by atoms with Gasteiger partial charge in [0.25, 0.3) is 0 Å². The van der Waals surface area contributed by atoms with E-state index in [1.54, 1.807) is 30.3 Å². The number of hydrogen-bond acceptors (Lipinski definition) is 1. The summed E-state index contributed by atoms with van der Waals surface area (Å²) in [6, 6.07) is 12.6. The molecule has 0 atom stereocenters. The van der Waals surface area contributed by atoms with Crippen LogP contribution in [0.3, 0.4) is 0 Å². The smallest absolute Gasteiger partial charge is 0.139 e. The fourth-order valence-corrected chi connectivity index (χ4v) is 1.81. The molecule has 0 aromatic heterocycles. The Morgan fingerprint density at radius 1 is 1.19 bits per heavy atom. The number of rotatable bonds is 2. The number of benzene rings is 2. The van der Waals surface area contributed by atoms with Crippen molar-refractivity contribution in [3.05, 3.63) is 53.3 Å². The van der Waals surface area contributed by atoms with E-state index in [1.807, 2.05) is 0 Å². The molecule has 0 aliphatic carbocycles. The molecule has 0 saturated heterocycles. The van der Waals surface area contributed by atoms with Gasteiger partial charge in [0, 0.05) is 17.2 Å². The molecule has 1 nitrogen and oxygen atoms in total. The quantitative estimate of drug-likeness (QED) is 0.766. The van der Waals surface area contributed by atoms with Gasteiger partial charge in [-0.15, -0.1) is 0 Å². The van der Waals surface area contributed by atoms with E-state index < -0.39 is 5.82 Å². The molecule has 0 unspecified atom stereocenters. The van der Waals surface area contributed by atoms with Gasteiger partial charge < -0.3 is 4.74 Å². The van der Waals surface area contributed by atoms with E-state index in [4.69, 9.17) is 16.3 Å². The Morgan fingerprint density at radius 3 is 2.62 bits per heavy atom. The molecular weight excluding hydrogens is 227 g/mol. The van der Waals surface area contributed by atoms with Crippen LogP contribution in [0.5, 0.6) is 5.75 Å². The molecule has 2 aromatic carbocycles. The molecule has 2 aromatic rings. The third-order valence-corrected chi connectivity index (χ3v) is 2.67. The van der Waals surface area contributed by atoms with Gasteiger partial charge in [0.1, 0.15) is 11.6 Å².